The van der Waals surface area contributed by atoms with Crippen LogP contribution in [0.1, 0.15) is 11.1 Å². The van der Waals surface area contributed by atoms with Gasteiger partial charge in [-0.2, -0.15) is 0 Å². The van der Waals surface area contributed by atoms with Gasteiger partial charge in [0.05, 0.1) is 6.54 Å². The van der Waals surface area contributed by atoms with E-state index < -0.39 is 5.91 Å². The minimum atomic E-state index is -0.428. The number of benzene rings is 2. The Bertz CT molecular complexity index is 750. The Labute approximate surface area is 161 Å². The van der Waals surface area contributed by atoms with Gasteiger partial charge in [-0.15, -0.1) is 0 Å². The van der Waals surface area contributed by atoms with E-state index in [-0.39, 0.29) is 19.1 Å². The smallest absolute Gasteiger partial charge is 0.276 e. The third kappa shape index (κ3) is 6.85. The van der Waals surface area contributed by atoms with Crippen molar-refractivity contribution in [3.8, 4) is 5.75 Å². The standard InChI is InChI=1S/C19H22BrN3O3/c1-14-5-3-4-6-15(14)11-23(2)12-18(24)21-22-19(25)13-26-17-9-7-16(20)8-10-17/h3-10H,11-13H2,1-2H3,(H,21,24)(H,22,25). The maximum Gasteiger partial charge on any atom is 0.276 e. The maximum atomic E-state index is 11.9. The SMILES string of the molecule is Cc1ccccc1CN(C)CC(=O)NNC(=O)COc1ccc(Br)cc1. The monoisotopic (exact) mass is 419 g/mol. The first-order chi connectivity index (χ1) is 12.4. The van der Waals surface area contributed by atoms with Crippen LogP contribution in [0.15, 0.2) is 53.0 Å². The van der Waals surface area contributed by atoms with Crippen molar-refractivity contribution in [1.29, 1.82) is 0 Å². The molecule has 0 aliphatic heterocycles. The van der Waals surface area contributed by atoms with E-state index in [0.29, 0.717) is 12.3 Å². The second kappa shape index (κ2) is 9.94. The minimum Gasteiger partial charge on any atom is -0.484 e. The third-order valence-electron chi connectivity index (χ3n) is 3.64. The van der Waals surface area contributed by atoms with Gasteiger partial charge in [0.2, 0.25) is 0 Å². The number of rotatable bonds is 7. The number of hydrogen-bond donors (Lipinski definition) is 2. The number of carbonyl (C=O) groups excluding carboxylic acids is 2. The Hall–Kier alpha value is -2.38. The largest absolute Gasteiger partial charge is 0.484 e. The summed E-state index contributed by atoms with van der Waals surface area (Å²) in [5.41, 5.74) is 7.08. The normalized spacial score (nSPS) is 10.5. The van der Waals surface area contributed by atoms with Gasteiger partial charge in [-0.25, -0.2) is 0 Å². The predicted molar refractivity (Wildman–Crippen MR) is 103 cm³/mol. The number of amides is 2. The average molecular weight is 420 g/mol. The zero-order chi connectivity index (χ0) is 18.9. The van der Waals surface area contributed by atoms with Gasteiger partial charge in [0.25, 0.3) is 11.8 Å². The molecule has 7 heteroatoms. The summed E-state index contributed by atoms with van der Waals surface area (Å²) in [7, 11) is 1.85. The van der Waals surface area contributed by atoms with Gasteiger partial charge >= 0.3 is 0 Å². The van der Waals surface area contributed by atoms with Crippen molar-refractivity contribution in [3.05, 3.63) is 64.1 Å². The van der Waals surface area contributed by atoms with Gasteiger partial charge in [-0.1, -0.05) is 40.2 Å². The van der Waals surface area contributed by atoms with Crippen LogP contribution in [0, 0.1) is 6.92 Å². The van der Waals surface area contributed by atoms with E-state index in [2.05, 4.69) is 26.8 Å². The summed E-state index contributed by atoms with van der Waals surface area (Å²) in [5.74, 6) is -0.145. The molecule has 2 aromatic rings. The molecular formula is C19H22BrN3O3. The summed E-state index contributed by atoms with van der Waals surface area (Å²) in [6, 6.07) is 15.2. The number of ether oxygens (including phenoxy) is 1. The number of hydrogen-bond acceptors (Lipinski definition) is 4. The Kier molecular flexibility index (Phi) is 7.62. The molecule has 0 aliphatic carbocycles. The molecule has 0 aromatic heterocycles. The Morgan fingerprint density at radius 2 is 1.69 bits per heavy atom. The number of likely N-dealkylation sites (N-methyl/N-ethyl adjacent to an activating group) is 1. The van der Waals surface area contributed by atoms with E-state index in [1.54, 1.807) is 12.1 Å². The molecule has 6 nitrogen and oxygen atoms in total. The molecule has 0 aliphatic rings. The van der Waals surface area contributed by atoms with Crippen LogP contribution < -0.4 is 15.6 Å². The molecule has 0 heterocycles. The predicted octanol–water partition coefficient (Wildman–Crippen LogP) is 2.42. The van der Waals surface area contributed by atoms with E-state index in [1.165, 1.54) is 5.56 Å². The molecule has 138 valence electrons. The lowest BCUT2D eigenvalue weighted by molar-refractivity contribution is -0.130. The van der Waals surface area contributed by atoms with Crippen LogP contribution in [-0.2, 0) is 16.1 Å². The molecule has 0 radical (unpaired) electrons. The number of nitrogens with zero attached hydrogens (tertiary/aromatic N) is 1. The first-order valence-corrected chi connectivity index (χ1v) is 8.92. The van der Waals surface area contributed by atoms with Gasteiger partial charge in [-0.3, -0.25) is 25.3 Å². The second-order valence-electron chi connectivity index (χ2n) is 5.94. The number of halogens is 1. The van der Waals surface area contributed by atoms with Crippen molar-refractivity contribution >= 4 is 27.7 Å². The molecule has 26 heavy (non-hydrogen) atoms. The highest BCUT2D eigenvalue weighted by molar-refractivity contribution is 9.10. The summed E-state index contributed by atoms with van der Waals surface area (Å²) in [6.45, 7) is 2.68. The van der Waals surface area contributed by atoms with E-state index in [0.717, 1.165) is 10.0 Å². The van der Waals surface area contributed by atoms with Crippen LogP contribution in [0.2, 0.25) is 0 Å². The van der Waals surface area contributed by atoms with Crippen LogP contribution in [0.25, 0.3) is 0 Å². The lowest BCUT2D eigenvalue weighted by Gasteiger charge is -2.17. The van der Waals surface area contributed by atoms with Crippen LogP contribution in [0.3, 0.4) is 0 Å². The lowest BCUT2D eigenvalue weighted by Crippen LogP contribution is -2.47. The fraction of sp³-hybridized carbons (Fsp3) is 0.263. The maximum absolute atomic E-state index is 11.9. The van der Waals surface area contributed by atoms with Gasteiger partial charge in [0, 0.05) is 11.0 Å². The molecule has 0 atom stereocenters. The molecule has 0 saturated carbocycles. The van der Waals surface area contributed by atoms with Gasteiger partial charge in [0.15, 0.2) is 6.61 Å². The van der Waals surface area contributed by atoms with Crippen molar-refractivity contribution in [1.82, 2.24) is 15.8 Å². The molecule has 2 aromatic carbocycles. The third-order valence-corrected chi connectivity index (χ3v) is 4.17. The van der Waals surface area contributed by atoms with Crippen molar-refractivity contribution in [2.45, 2.75) is 13.5 Å². The van der Waals surface area contributed by atoms with E-state index in [9.17, 15) is 9.59 Å². The minimum absolute atomic E-state index is 0.169. The average Bonchev–Trinajstić information content (AvgIpc) is 2.61. The van der Waals surface area contributed by atoms with Crippen LogP contribution in [0.5, 0.6) is 5.75 Å². The first kappa shape index (κ1) is 19.9. The Morgan fingerprint density at radius 1 is 1.04 bits per heavy atom. The quantitative estimate of drug-likeness (QED) is 0.676. The van der Waals surface area contributed by atoms with E-state index >= 15 is 0 Å². The van der Waals surface area contributed by atoms with Gasteiger partial charge < -0.3 is 4.74 Å². The van der Waals surface area contributed by atoms with Crippen molar-refractivity contribution in [2.24, 2.45) is 0 Å². The summed E-state index contributed by atoms with van der Waals surface area (Å²) in [4.78, 5) is 25.5. The van der Waals surface area contributed by atoms with Crippen LogP contribution in [0.4, 0.5) is 0 Å². The fourth-order valence-corrected chi connectivity index (χ4v) is 2.54. The number of carbonyl (C=O) groups is 2. The number of aryl methyl sites for hydroxylation is 1. The van der Waals surface area contributed by atoms with Crippen LogP contribution in [-0.4, -0.2) is 36.9 Å². The highest BCUT2D eigenvalue weighted by atomic mass is 79.9. The Morgan fingerprint density at radius 3 is 2.38 bits per heavy atom. The van der Waals surface area contributed by atoms with E-state index in [1.807, 2.05) is 55.3 Å². The molecule has 0 saturated heterocycles. The molecule has 0 bridgehead atoms. The lowest BCUT2D eigenvalue weighted by atomic mass is 10.1. The molecular weight excluding hydrogens is 398 g/mol. The van der Waals surface area contributed by atoms with Gasteiger partial charge in [0.1, 0.15) is 5.75 Å². The van der Waals surface area contributed by atoms with E-state index in [4.69, 9.17) is 4.74 Å². The molecule has 2 amide bonds. The summed E-state index contributed by atoms with van der Waals surface area (Å²) >= 11 is 3.32. The molecule has 2 rings (SSSR count). The summed E-state index contributed by atoms with van der Waals surface area (Å²) in [5, 5.41) is 0. The number of nitrogens with one attached hydrogen (secondary N) is 2. The van der Waals surface area contributed by atoms with Gasteiger partial charge in [-0.05, 0) is 49.4 Å². The zero-order valence-electron chi connectivity index (χ0n) is 14.8. The first-order valence-electron chi connectivity index (χ1n) is 8.13. The molecule has 0 fully saturated rings. The van der Waals surface area contributed by atoms with Crippen molar-refractivity contribution < 1.29 is 14.3 Å². The van der Waals surface area contributed by atoms with Crippen molar-refractivity contribution in [2.75, 3.05) is 20.2 Å². The molecule has 0 unspecified atom stereocenters. The van der Waals surface area contributed by atoms with Crippen molar-refractivity contribution in [3.63, 3.8) is 0 Å². The number of hydrazine groups is 1. The Balaban J connectivity index is 1.68. The summed E-state index contributed by atoms with van der Waals surface area (Å²) < 4.78 is 6.26. The fourth-order valence-electron chi connectivity index (χ4n) is 2.27. The molecule has 0 spiro atoms. The second-order valence-corrected chi connectivity index (χ2v) is 6.85. The summed E-state index contributed by atoms with van der Waals surface area (Å²) in [6.07, 6.45) is 0. The highest BCUT2D eigenvalue weighted by Gasteiger charge is 2.10. The zero-order valence-corrected chi connectivity index (χ0v) is 16.4. The van der Waals surface area contributed by atoms with Crippen LogP contribution >= 0.6 is 15.9 Å². The molecule has 2 N–H and O–H groups in total. The topological polar surface area (TPSA) is 70.7 Å². The highest BCUT2D eigenvalue weighted by Crippen LogP contribution is 2.15.